The summed E-state index contributed by atoms with van der Waals surface area (Å²) in [5.41, 5.74) is -0.165. The number of ether oxygens (including phenoxy) is 1. The van der Waals surface area contributed by atoms with Gasteiger partial charge in [-0.2, -0.15) is 0 Å². The third-order valence-corrected chi connectivity index (χ3v) is 2.75. The zero-order valence-corrected chi connectivity index (χ0v) is 11.6. The number of nitro groups is 1. The quantitative estimate of drug-likeness (QED) is 0.655. The predicted octanol–water partition coefficient (Wildman–Crippen LogP) is 3.15. The Morgan fingerprint density at radius 1 is 1.41 bits per heavy atom. The molecule has 0 aliphatic rings. The number of pyridine rings is 1. The first-order valence-corrected chi connectivity index (χ1v) is 6.41. The molecule has 6 nitrogen and oxygen atoms in total. The number of nitrogens with one attached hydrogen (secondary N) is 1. The SMILES string of the molecule is CC(COc1ccc(F)cc1F)Nc1ncccc1[N+](=O)[O-]. The number of hydrogen-bond acceptors (Lipinski definition) is 5. The smallest absolute Gasteiger partial charge is 0.311 e. The van der Waals surface area contributed by atoms with Gasteiger partial charge in [0.1, 0.15) is 12.4 Å². The van der Waals surface area contributed by atoms with Gasteiger partial charge in [0.2, 0.25) is 5.82 Å². The summed E-state index contributed by atoms with van der Waals surface area (Å²) in [5, 5.41) is 13.7. The highest BCUT2D eigenvalue weighted by atomic mass is 19.1. The molecule has 0 bridgehead atoms. The Morgan fingerprint density at radius 2 is 2.18 bits per heavy atom. The summed E-state index contributed by atoms with van der Waals surface area (Å²) < 4.78 is 31.4. The number of nitrogens with zero attached hydrogens (tertiary/aromatic N) is 2. The van der Waals surface area contributed by atoms with Crippen LogP contribution in [0.15, 0.2) is 36.5 Å². The second-order valence-corrected chi connectivity index (χ2v) is 4.56. The summed E-state index contributed by atoms with van der Waals surface area (Å²) in [4.78, 5) is 14.2. The summed E-state index contributed by atoms with van der Waals surface area (Å²) in [6, 6.07) is 5.39. The third kappa shape index (κ3) is 3.87. The summed E-state index contributed by atoms with van der Waals surface area (Å²) >= 11 is 0. The minimum atomic E-state index is -0.809. The highest BCUT2D eigenvalue weighted by Gasteiger charge is 2.16. The third-order valence-electron chi connectivity index (χ3n) is 2.75. The van der Waals surface area contributed by atoms with Crippen molar-refractivity contribution >= 4 is 11.5 Å². The first-order valence-electron chi connectivity index (χ1n) is 6.41. The Labute approximate surface area is 124 Å². The van der Waals surface area contributed by atoms with E-state index in [1.54, 1.807) is 6.92 Å². The van der Waals surface area contributed by atoms with Gasteiger partial charge in [-0.05, 0) is 25.1 Å². The van der Waals surface area contributed by atoms with E-state index < -0.39 is 16.6 Å². The van der Waals surface area contributed by atoms with Crippen LogP contribution in [-0.2, 0) is 0 Å². The Balaban J connectivity index is 1.99. The van der Waals surface area contributed by atoms with Crippen LogP contribution in [0.2, 0.25) is 0 Å². The Morgan fingerprint density at radius 3 is 2.86 bits per heavy atom. The lowest BCUT2D eigenvalue weighted by Crippen LogP contribution is -2.24. The molecule has 0 aliphatic heterocycles. The average molecular weight is 309 g/mol. The lowest BCUT2D eigenvalue weighted by molar-refractivity contribution is -0.384. The highest BCUT2D eigenvalue weighted by molar-refractivity contribution is 5.55. The van der Waals surface area contributed by atoms with Crippen molar-refractivity contribution in [3.8, 4) is 5.75 Å². The van der Waals surface area contributed by atoms with E-state index in [1.165, 1.54) is 24.4 Å². The maximum absolute atomic E-state index is 13.4. The van der Waals surface area contributed by atoms with Crippen molar-refractivity contribution in [1.29, 1.82) is 0 Å². The van der Waals surface area contributed by atoms with Gasteiger partial charge in [-0.3, -0.25) is 10.1 Å². The van der Waals surface area contributed by atoms with Gasteiger partial charge in [0.05, 0.1) is 11.0 Å². The second kappa shape index (κ2) is 6.79. The van der Waals surface area contributed by atoms with E-state index >= 15 is 0 Å². The lowest BCUT2D eigenvalue weighted by Gasteiger charge is -2.15. The van der Waals surface area contributed by atoms with E-state index in [2.05, 4.69) is 10.3 Å². The van der Waals surface area contributed by atoms with Crippen LogP contribution < -0.4 is 10.1 Å². The van der Waals surface area contributed by atoms with E-state index in [1.807, 2.05) is 0 Å². The molecule has 0 saturated carbocycles. The summed E-state index contributed by atoms with van der Waals surface area (Å²) in [7, 11) is 0. The Hall–Kier alpha value is -2.77. The Bertz CT molecular complexity index is 682. The molecule has 1 atom stereocenters. The van der Waals surface area contributed by atoms with Crippen molar-refractivity contribution in [2.24, 2.45) is 0 Å². The molecule has 0 amide bonds. The largest absolute Gasteiger partial charge is 0.488 e. The van der Waals surface area contributed by atoms with Crippen molar-refractivity contribution < 1.29 is 18.4 Å². The normalized spacial score (nSPS) is 11.8. The summed E-state index contributed by atoms with van der Waals surface area (Å²) in [5.74, 6) is -1.50. The molecular weight excluding hydrogens is 296 g/mol. The molecule has 8 heteroatoms. The fourth-order valence-corrected chi connectivity index (χ4v) is 1.74. The number of anilines is 1. The van der Waals surface area contributed by atoms with Crippen LogP contribution in [0, 0.1) is 21.7 Å². The minimum absolute atomic E-state index is 0.0241. The van der Waals surface area contributed by atoms with Crippen molar-refractivity contribution in [2.45, 2.75) is 13.0 Å². The molecule has 0 fully saturated rings. The molecule has 1 N–H and O–H groups in total. The molecule has 0 spiro atoms. The van der Waals surface area contributed by atoms with Crippen LogP contribution in [0.1, 0.15) is 6.92 Å². The minimum Gasteiger partial charge on any atom is -0.488 e. The zero-order valence-electron chi connectivity index (χ0n) is 11.6. The average Bonchev–Trinajstić information content (AvgIpc) is 2.46. The van der Waals surface area contributed by atoms with Crippen LogP contribution >= 0.6 is 0 Å². The molecular formula is C14H13F2N3O3. The van der Waals surface area contributed by atoms with Gasteiger partial charge < -0.3 is 10.1 Å². The molecule has 1 heterocycles. The topological polar surface area (TPSA) is 77.3 Å². The number of rotatable bonds is 6. The van der Waals surface area contributed by atoms with Crippen molar-refractivity contribution in [3.05, 3.63) is 58.3 Å². The van der Waals surface area contributed by atoms with E-state index in [0.717, 1.165) is 12.1 Å². The van der Waals surface area contributed by atoms with Gasteiger partial charge in [0.15, 0.2) is 11.6 Å². The molecule has 22 heavy (non-hydrogen) atoms. The van der Waals surface area contributed by atoms with Gasteiger partial charge in [0.25, 0.3) is 0 Å². The molecule has 2 aromatic rings. The van der Waals surface area contributed by atoms with E-state index in [4.69, 9.17) is 4.74 Å². The monoisotopic (exact) mass is 309 g/mol. The van der Waals surface area contributed by atoms with Crippen LogP contribution in [0.25, 0.3) is 0 Å². The van der Waals surface area contributed by atoms with Crippen LogP contribution in [-0.4, -0.2) is 22.6 Å². The summed E-state index contributed by atoms with van der Waals surface area (Å²) in [6.07, 6.45) is 1.42. The van der Waals surface area contributed by atoms with Gasteiger partial charge in [-0.1, -0.05) is 0 Å². The Kier molecular flexibility index (Phi) is 4.82. The predicted molar refractivity (Wildman–Crippen MR) is 75.8 cm³/mol. The molecule has 0 aliphatic carbocycles. The fraction of sp³-hybridized carbons (Fsp3) is 0.214. The number of aromatic nitrogens is 1. The second-order valence-electron chi connectivity index (χ2n) is 4.56. The van der Waals surface area contributed by atoms with Gasteiger partial charge in [-0.15, -0.1) is 0 Å². The standard InChI is InChI=1S/C14H13F2N3O3/c1-9(8-22-13-5-4-10(15)7-11(13)16)18-14-12(19(20)21)3-2-6-17-14/h2-7,9H,8H2,1H3,(H,17,18). The van der Waals surface area contributed by atoms with E-state index in [0.29, 0.717) is 0 Å². The molecule has 0 radical (unpaired) electrons. The van der Waals surface area contributed by atoms with E-state index in [9.17, 15) is 18.9 Å². The maximum atomic E-state index is 13.4. The maximum Gasteiger partial charge on any atom is 0.311 e. The van der Waals surface area contributed by atoms with Gasteiger partial charge >= 0.3 is 5.69 Å². The molecule has 1 unspecified atom stereocenters. The molecule has 116 valence electrons. The van der Waals surface area contributed by atoms with Gasteiger partial charge in [-0.25, -0.2) is 13.8 Å². The fourth-order valence-electron chi connectivity index (χ4n) is 1.74. The van der Waals surface area contributed by atoms with Crippen molar-refractivity contribution in [3.63, 3.8) is 0 Å². The van der Waals surface area contributed by atoms with Crippen molar-refractivity contribution in [2.75, 3.05) is 11.9 Å². The number of halogens is 2. The van der Waals surface area contributed by atoms with Gasteiger partial charge in [0, 0.05) is 18.3 Å². The van der Waals surface area contributed by atoms with Crippen LogP contribution in [0.3, 0.4) is 0 Å². The molecule has 1 aromatic carbocycles. The molecule has 0 saturated heterocycles. The van der Waals surface area contributed by atoms with E-state index in [-0.39, 0.29) is 29.9 Å². The van der Waals surface area contributed by atoms with Crippen LogP contribution in [0.5, 0.6) is 5.75 Å². The lowest BCUT2D eigenvalue weighted by atomic mass is 10.3. The first kappa shape index (κ1) is 15.6. The number of benzene rings is 1. The molecule has 1 aromatic heterocycles. The molecule has 2 rings (SSSR count). The van der Waals surface area contributed by atoms with Crippen molar-refractivity contribution in [1.82, 2.24) is 4.98 Å². The first-order chi connectivity index (χ1) is 10.5. The highest BCUT2D eigenvalue weighted by Crippen LogP contribution is 2.22. The summed E-state index contributed by atoms with van der Waals surface area (Å²) in [6.45, 7) is 1.72. The zero-order chi connectivity index (χ0) is 16.1. The van der Waals surface area contributed by atoms with Crippen LogP contribution in [0.4, 0.5) is 20.3 Å². The number of hydrogen-bond donors (Lipinski definition) is 1.